The minimum absolute atomic E-state index is 0.0630. The number of nitrogens with one attached hydrogen (secondary N) is 1. The van der Waals surface area contributed by atoms with Crippen LogP contribution in [0, 0.1) is 11.6 Å². The Morgan fingerprint density at radius 2 is 1.82 bits per heavy atom. The molecule has 0 bridgehead atoms. The van der Waals surface area contributed by atoms with Crippen molar-refractivity contribution >= 4 is 17.6 Å². The summed E-state index contributed by atoms with van der Waals surface area (Å²) in [5.74, 6) is -3.29. The van der Waals surface area contributed by atoms with Crippen molar-refractivity contribution < 1.29 is 23.2 Å². The molecule has 0 fully saturated rings. The molecule has 0 aliphatic rings. The Morgan fingerprint density at radius 3 is 2.32 bits per heavy atom. The fraction of sp³-hybridized carbons (Fsp3) is 0.400. The zero-order valence-corrected chi connectivity index (χ0v) is 12.2. The Morgan fingerprint density at radius 1 is 1.23 bits per heavy atom. The quantitative estimate of drug-likeness (QED) is 0.757. The second kappa shape index (κ2) is 8.21. The lowest BCUT2D eigenvalue weighted by atomic mass is 10.1. The minimum Gasteiger partial charge on any atom is -0.368 e. The van der Waals surface area contributed by atoms with Crippen molar-refractivity contribution in [3.8, 4) is 0 Å². The van der Waals surface area contributed by atoms with Crippen molar-refractivity contribution in [2.75, 3.05) is 0 Å². The van der Waals surface area contributed by atoms with E-state index in [1.807, 2.05) is 0 Å². The van der Waals surface area contributed by atoms with E-state index in [9.17, 15) is 23.2 Å². The van der Waals surface area contributed by atoms with Gasteiger partial charge in [-0.05, 0) is 18.6 Å². The molecule has 0 heterocycles. The van der Waals surface area contributed by atoms with Gasteiger partial charge in [0.1, 0.15) is 23.5 Å². The summed E-state index contributed by atoms with van der Waals surface area (Å²) in [6.07, 6.45) is -0.0736. The molecular formula is C15H18F2N2O3. The molecule has 7 heteroatoms. The number of Topliss-reactive ketones (excluding diaryl/α,β-unsaturated/α-hetero) is 1. The van der Waals surface area contributed by atoms with Crippen LogP contribution in [0.5, 0.6) is 0 Å². The highest BCUT2D eigenvalue weighted by Gasteiger charge is 2.20. The van der Waals surface area contributed by atoms with E-state index in [0.29, 0.717) is 6.42 Å². The first kappa shape index (κ1) is 17.7. The predicted octanol–water partition coefficient (Wildman–Crippen LogP) is 1.24. The number of rotatable bonds is 8. The van der Waals surface area contributed by atoms with Crippen molar-refractivity contribution in [1.82, 2.24) is 5.32 Å². The molecule has 0 unspecified atom stereocenters. The molecule has 2 amide bonds. The third-order valence-electron chi connectivity index (χ3n) is 3.18. The highest BCUT2D eigenvalue weighted by molar-refractivity contribution is 5.88. The molecule has 0 saturated heterocycles. The number of amides is 2. The van der Waals surface area contributed by atoms with Crippen LogP contribution in [0.3, 0.4) is 0 Å². The highest BCUT2D eigenvalue weighted by Crippen LogP contribution is 2.12. The van der Waals surface area contributed by atoms with E-state index in [1.54, 1.807) is 6.92 Å². The fourth-order valence-electron chi connectivity index (χ4n) is 1.87. The Bertz CT molecular complexity index is 556. The molecule has 120 valence electrons. The van der Waals surface area contributed by atoms with Crippen LogP contribution in [-0.4, -0.2) is 23.6 Å². The molecule has 0 aromatic heterocycles. The van der Waals surface area contributed by atoms with Gasteiger partial charge in [-0.2, -0.15) is 0 Å². The number of benzene rings is 1. The second-order valence-corrected chi connectivity index (χ2v) is 4.83. The summed E-state index contributed by atoms with van der Waals surface area (Å²) in [6, 6.07) is 2.22. The summed E-state index contributed by atoms with van der Waals surface area (Å²) in [4.78, 5) is 34.3. The average Bonchev–Trinajstić information content (AvgIpc) is 2.46. The average molecular weight is 312 g/mol. The normalized spacial score (nSPS) is 11.8. The summed E-state index contributed by atoms with van der Waals surface area (Å²) >= 11 is 0. The monoisotopic (exact) mass is 312 g/mol. The van der Waals surface area contributed by atoms with E-state index in [-0.39, 0.29) is 24.2 Å². The summed E-state index contributed by atoms with van der Waals surface area (Å²) in [6.45, 7) is 1.68. The van der Waals surface area contributed by atoms with E-state index < -0.39 is 35.9 Å². The van der Waals surface area contributed by atoms with Gasteiger partial charge in [0.05, 0.1) is 6.42 Å². The van der Waals surface area contributed by atoms with Gasteiger partial charge in [0.15, 0.2) is 0 Å². The van der Waals surface area contributed by atoms with Crippen LogP contribution in [-0.2, 0) is 20.8 Å². The summed E-state index contributed by atoms with van der Waals surface area (Å²) in [7, 11) is 0. The Kier molecular flexibility index (Phi) is 6.62. The Hall–Kier alpha value is -2.31. The number of ketones is 1. The lowest BCUT2D eigenvalue weighted by Gasteiger charge is -2.15. The van der Waals surface area contributed by atoms with Crippen LogP contribution in [0.4, 0.5) is 8.78 Å². The van der Waals surface area contributed by atoms with Crippen molar-refractivity contribution in [3.63, 3.8) is 0 Å². The number of carbonyl (C=O) groups excluding carboxylic acids is 3. The molecule has 1 aromatic carbocycles. The van der Waals surface area contributed by atoms with Crippen molar-refractivity contribution in [2.45, 2.75) is 38.6 Å². The first-order valence-electron chi connectivity index (χ1n) is 6.88. The van der Waals surface area contributed by atoms with Crippen molar-refractivity contribution in [1.29, 1.82) is 0 Å². The maximum absolute atomic E-state index is 13.5. The molecule has 0 spiro atoms. The number of halogens is 2. The molecule has 0 aliphatic carbocycles. The molecule has 0 saturated carbocycles. The van der Waals surface area contributed by atoms with Crippen LogP contribution >= 0.6 is 0 Å². The first-order valence-corrected chi connectivity index (χ1v) is 6.88. The van der Waals surface area contributed by atoms with Gasteiger partial charge >= 0.3 is 0 Å². The van der Waals surface area contributed by atoms with E-state index >= 15 is 0 Å². The van der Waals surface area contributed by atoms with Gasteiger partial charge in [-0.25, -0.2) is 8.78 Å². The van der Waals surface area contributed by atoms with Crippen LogP contribution in [0.2, 0.25) is 0 Å². The minimum atomic E-state index is -1.04. The van der Waals surface area contributed by atoms with E-state index in [4.69, 9.17) is 5.73 Å². The number of hydrogen-bond donors (Lipinski definition) is 2. The highest BCUT2D eigenvalue weighted by atomic mass is 19.1. The van der Waals surface area contributed by atoms with Gasteiger partial charge in [0.2, 0.25) is 11.8 Å². The third kappa shape index (κ3) is 5.23. The molecule has 0 aliphatic heterocycles. The van der Waals surface area contributed by atoms with Gasteiger partial charge in [0, 0.05) is 18.4 Å². The number of hydrogen-bond acceptors (Lipinski definition) is 3. The van der Waals surface area contributed by atoms with Gasteiger partial charge in [-0.3, -0.25) is 14.4 Å². The zero-order valence-electron chi connectivity index (χ0n) is 12.2. The Labute approximate surface area is 126 Å². The first-order chi connectivity index (χ1) is 10.3. The van der Waals surface area contributed by atoms with Crippen LogP contribution in [0.1, 0.15) is 31.7 Å². The maximum Gasteiger partial charge on any atom is 0.240 e. The molecule has 3 N–H and O–H groups in total. The largest absolute Gasteiger partial charge is 0.368 e. The Balaban J connectivity index is 2.68. The van der Waals surface area contributed by atoms with E-state index in [0.717, 1.165) is 12.1 Å². The van der Waals surface area contributed by atoms with Crippen molar-refractivity contribution in [2.24, 2.45) is 5.73 Å². The number of carbonyl (C=O) groups is 3. The maximum atomic E-state index is 13.5. The molecule has 22 heavy (non-hydrogen) atoms. The summed E-state index contributed by atoms with van der Waals surface area (Å²) in [5, 5.41) is 2.30. The van der Waals surface area contributed by atoms with Crippen LogP contribution in [0.25, 0.3) is 0 Å². The summed E-state index contributed by atoms with van der Waals surface area (Å²) < 4.78 is 26.9. The molecular weight excluding hydrogens is 294 g/mol. The van der Waals surface area contributed by atoms with E-state index in [1.165, 1.54) is 6.07 Å². The molecule has 1 atom stereocenters. The smallest absolute Gasteiger partial charge is 0.240 e. The summed E-state index contributed by atoms with van der Waals surface area (Å²) in [5.41, 5.74) is 4.77. The van der Waals surface area contributed by atoms with Crippen molar-refractivity contribution in [3.05, 3.63) is 35.4 Å². The van der Waals surface area contributed by atoms with Crippen LogP contribution in [0.15, 0.2) is 18.2 Å². The molecule has 1 aromatic rings. The van der Waals surface area contributed by atoms with Gasteiger partial charge < -0.3 is 11.1 Å². The van der Waals surface area contributed by atoms with Gasteiger partial charge in [0.25, 0.3) is 0 Å². The molecule has 5 nitrogen and oxygen atoms in total. The van der Waals surface area contributed by atoms with E-state index in [2.05, 4.69) is 5.32 Å². The third-order valence-corrected chi connectivity index (χ3v) is 3.18. The predicted molar refractivity (Wildman–Crippen MR) is 75.7 cm³/mol. The SMILES string of the molecule is CCC(=O)CC[C@@H](NC(=O)Cc1c(F)cccc1F)C(N)=O. The lowest BCUT2D eigenvalue weighted by molar-refractivity contribution is -0.127. The van der Waals surface area contributed by atoms with Crippen LogP contribution < -0.4 is 11.1 Å². The standard InChI is InChI=1S/C15H18F2N2O3/c1-2-9(20)6-7-13(15(18)22)19-14(21)8-10-11(16)4-3-5-12(10)17/h3-5,13H,2,6-8H2,1H3,(H2,18,22)(H,19,21)/t13-/m1/s1. The molecule has 1 rings (SSSR count). The second-order valence-electron chi connectivity index (χ2n) is 4.83. The van der Waals surface area contributed by atoms with Gasteiger partial charge in [-0.15, -0.1) is 0 Å². The molecule has 0 radical (unpaired) electrons. The lowest BCUT2D eigenvalue weighted by Crippen LogP contribution is -2.45. The fourth-order valence-corrected chi connectivity index (χ4v) is 1.87. The van der Waals surface area contributed by atoms with Gasteiger partial charge in [-0.1, -0.05) is 13.0 Å². The zero-order chi connectivity index (χ0) is 16.7. The number of nitrogens with two attached hydrogens (primary N) is 1. The number of primary amides is 1. The topological polar surface area (TPSA) is 89.3 Å².